The van der Waals surface area contributed by atoms with Gasteiger partial charge in [0.2, 0.25) is 0 Å². The van der Waals surface area contributed by atoms with Crippen LogP contribution >= 0.6 is 0 Å². The summed E-state index contributed by atoms with van der Waals surface area (Å²) < 4.78 is 0. The molecule has 0 heteroatoms. The third-order valence-corrected chi connectivity index (χ3v) is 3.52. The van der Waals surface area contributed by atoms with E-state index in [9.17, 15) is 0 Å². The molecule has 0 aromatic rings. The highest BCUT2D eigenvalue weighted by Gasteiger charge is 2.22. The van der Waals surface area contributed by atoms with Gasteiger partial charge in [0.15, 0.2) is 0 Å². The van der Waals surface area contributed by atoms with Gasteiger partial charge in [0.1, 0.15) is 0 Å². The maximum atomic E-state index is 4.60. The lowest BCUT2D eigenvalue weighted by Gasteiger charge is -2.30. The van der Waals surface area contributed by atoms with E-state index >= 15 is 0 Å². The minimum absolute atomic E-state index is 1.07. The van der Waals surface area contributed by atoms with Crippen molar-refractivity contribution in [2.24, 2.45) is 11.8 Å². The Morgan fingerprint density at radius 1 is 0.947 bits per heavy atom. The molecule has 0 bridgehead atoms. The van der Waals surface area contributed by atoms with E-state index in [-0.39, 0.29) is 0 Å². The van der Waals surface area contributed by atoms with Gasteiger partial charge in [-0.1, -0.05) is 92.9 Å². The molecular formula is C19H40. The Balaban J connectivity index is -0.000000313. The van der Waals surface area contributed by atoms with Gasteiger partial charge in [0, 0.05) is 0 Å². The number of rotatable bonds is 4. The zero-order chi connectivity index (χ0) is 15.5. The fourth-order valence-corrected chi connectivity index (χ4v) is 2.67. The van der Waals surface area contributed by atoms with Crippen LogP contribution in [0.3, 0.4) is 0 Å². The average molecular weight is 269 g/mol. The van der Waals surface area contributed by atoms with Crippen LogP contribution in [0.2, 0.25) is 0 Å². The normalized spacial score (nSPS) is 20.3. The summed E-state index contributed by atoms with van der Waals surface area (Å²) in [6.45, 7) is 14.3. The van der Waals surface area contributed by atoms with Crippen molar-refractivity contribution in [1.29, 1.82) is 0 Å². The Hall–Kier alpha value is -0.440. The lowest BCUT2D eigenvalue weighted by Crippen LogP contribution is -2.18. The van der Waals surface area contributed by atoms with Crippen LogP contribution in [-0.4, -0.2) is 0 Å². The fraction of sp³-hybridized carbons (Fsp3) is 0.895. The summed E-state index contributed by atoms with van der Waals surface area (Å²) in [6, 6.07) is 0. The molecular weight excluding hydrogens is 228 g/mol. The second-order valence-corrected chi connectivity index (χ2v) is 4.64. The van der Waals surface area contributed by atoms with E-state index in [1.54, 1.807) is 6.92 Å². The van der Waals surface area contributed by atoms with E-state index in [1.807, 2.05) is 27.7 Å². The molecule has 116 valence electrons. The van der Waals surface area contributed by atoms with E-state index in [1.165, 1.54) is 51.4 Å². The van der Waals surface area contributed by atoms with Crippen molar-refractivity contribution in [2.45, 2.75) is 99.8 Å². The van der Waals surface area contributed by atoms with Crippen molar-refractivity contribution >= 4 is 0 Å². The van der Waals surface area contributed by atoms with Crippen molar-refractivity contribution in [3.05, 3.63) is 0 Å². The molecule has 0 aromatic heterocycles. The molecule has 19 heavy (non-hydrogen) atoms. The average Bonchev–Trinajstić information content (AvgIpc) is 2.50. The Labute approximate surface area is 124 Å². The standard InChI is InChI=1S/C12H24.C3H4.2C2H6/c1-3-5-8-12-10-7-6-9-11(12)4-2;1-3-2;2*1-2/h11-12H,3-10H2,1-2H3;1H,2H3;2*1-2H3. The molecule has 2 unspecified atom stereocenters. The third kappa shape index (κ3) is 15.5. The van der Waals surface area contributed by atoms with Crippen molar-refractivity contribution in [1.82, 2.24) is 0 Å². The summed E-state index contributed by atoms with van der Waals surface area (Å²) in [5.41, 5.74) is 0. The van der Waals surface area contributed by atoms with Crippen molar-refractivity contribution in [3.8, 4) is 12.3 Å². The van der Waals surface area contributed by atoms with Crippen LogP contribution in [0.15, 0.2) is 0 Å². The summed E-state index contributed by atoms with van der Waals surface area (Å²) in [5.74, 6) is 4.41. The molecule has 0 nitrogen and oxygen atoms in total. The lowest BCUT2D eigenvalue weighted by atomic mass is 9.75. The molecule has 0 aromatic carbocycles. The maximum Gasteiger partial charge on any atom is -0.00297 e. The highest BCUT2D eigenvalue weighted by atomic mass is 14.3. The molecule has 2 atom stereocenters. The molecule has 1 aliphatic carbocycles. The highest BCUT2D eigenvalue weighted by Crippen LogP contribution is 2.35. The van der Waals surface area contributed by atoms with Crippen molar-refractivity contribution in [3.63, 3.8) is 0 Å². The molecule has 1 fully saturated rings. The van der Waals surface area contributed by atoms with Gasteiger partial charge in [-0.15, -0.1) is 12.3 Å². The van der Waals surface area contributed by atoms with E-state index in [0.717, 1.165) is 11.8 Å². The zero-order valence-electron chi connectivity index (χ0n) is 14.9. The first-order valence-electron chi connectivity index (χ1n) is 8.67. The molecule has 1 rings (SSSR count). The molecule has 1 aliphatic rings. The van der Waals surface area contributed by atoms with E-state index in [4.69, 9.17) is 0 Å². The first-order valence-corrected chi connectivity index (χ1v) is 8.67. The van der Waals surface area contributed by atoms with Crippen LogP contribution in [0.5, 0.6) is 0 Å². The summed E-state index contributed by atoms with van der Waals surface area (Å²) in [4.78, 5) is 0. The van der Waals surface area contributed by atoms with Gasteiger partial charge in [-0.2, -0.15) is 0 Å². The first-order chi connectivity index (χ1) is 9.29. The van der Waals surface area contributed by atoms with Crippen LogP contribution in [-0.2, 0) is 0 Å². The lowest BCUT2D eigenvalue weighted by molar-refractivity contribution is 0.214. The summed E-state index contributed by atoms with van der Waals surface area (Å²) in [5, 5.41) is 0. The molecule has 0 spiro atoms. The van der Waals surface area contributed by atoms with Gasteiger partial charge >= 0.3 is 0 Å². The van der Waals surface area contributed by atoms with Gasteiger partial charge in [-0.25, -0.2) is 0 Å². The van der Waals surface area contributed by atoms with E-state index in [2.05, 4.69) is 26.2 Å². The van der Waals surface area contributed by atoms with Crippen LogP contribution in [0.4, 0.5) is 0 Å². The Bertz CT molecular complexity index is 163. The Morgan fingerprint density at radius 3 is 1.74 bits per heavy atom. The van der Waals surface area contributed by atoms with Gasteiger partial charge in [-0.05, 0) is 18.8 Å². The second-order valence-electron chi connectivity index (χ2n) is 4.64. The molecule has 1 saturated carbocycles. The maximum absolute atomic E-state index is 4.60. The van der Waals surface area contributed by atoms with Crippen LogP contribution in [0, 0.1) is 24.2 Å². The topological polar surface area (TPSA) is 0 Å². The molecule has 0 N–H and O–H groups in total. The van der Waals surface area contributed by atoms with Crippen LogP contribution < -0.4 is 0 Å². The van der Waals surface area contributed by atoms with Gasteiger partial charge in [0.25, 0.3) is 0 Å². The minimum atomic E-state index is 1.07. The summed E-state index contributed by atoms with van der Waals surface area (Å²) in [7, 11) is 0. The number of hydrogen-bond donors (Lipinski definition) is 0. The van der Waals surface area contributed by atoms with Crippen molar-refractivity contribution in [2.75, 3.05) is 0 Å². The molecule has 0 aliphatic heterocycles. The van der Waals surface area contributed by atoms with E-state index in [0.29, 0.717) is 0 Å². The Kier molecular flexibility index (Phi) is 28.3. The van der Waals surface area contributed by atoms with Crippen LogP contribution in [0.1, 0.15) is 99.8 Å². The minimum Gasteiger partial charge on any atom is -0.120 e. The van der Waals surface area contributed by atoms with Gasteiger partial charge < -0.3 is 0 Å². The molecule has 0 radical (unpaired) electrons. The monoisotopic (exact) mass is 268 g/mol. The predicted octanol–water partition coefficient (Wildman–Crippen LogP) is 7.08. The quantitative estimate of drug-likeness (QED) is 0.478. The predicted molar refractivity (Wildman–Crippen MR) is 92.5 cm³/mol. The van der Waals surface area contributed by atoms with Crippen LogP contribution in [0.25, 0.3) is 0 Å². The first kappa shape index (κ1) is 23.6. The third-order valence-electron chi connectivity index (χ3n) is 3.52. The molecule has 0 heterocycles. The smallest absolute Gasteiger partial charge is 0.00297 e. The number of hydrogen-bond acceptors (Lipinski definition) is 0. The Morgan fingerprint density at radius 2 is 1.37 bits per heavy atom. The number of unbranched alkanes of at least 4 members (excludes halogenated alkanes) is 1. The molecule has 0 saturated heterocycles. The fourth-order valence-electron chi connectivity index (χ4n) is 2.67. The zero-order valence-corrected chi connectivity index (χ0v) is 14.9. The van der Waals surface area contributed by atoms with Gasteiger partial charge in [-0.3, -0.25) is 0 Å². The SMILES string of the molecule is C#CC.CC.CC.CCCCC1CCCCC1CC. The summed E-state index contributed by atoms with van der Waals surface area (Å²) in [6.07, 6.45) is 16.4. The van der Waals surface area contributed by atoms with Crippen molar-refractivity contribution < 1.29 is 0 Å². The highest BCUT2D eigenvalue weighted by molar-refractivity contribution is 4.74. The second kappa shape index (κ2) is 22.7. The molecule has 0 amide bonds. The van der Waals surface area contributed by atoms with E-state index < -0.39 is 0 Å². The summed E-state index contributed by atoms with van der Waals surface area (Å²) >= 11 is 0. The van der Waals surface area contributed by atoms with Gasteiger partial charge in [0.05, 0.1) is 0 Å². The number of terminal acetylenes is 1. The largest absolute Gasteiger partial charge is 0.120 e.